The molecule has 0 aromatic heterocycles. The third-order valence-electron chi connectivity index (χ3n) is 13.7. The lowest BCUT2D eigenvalue weighted by molar-refractivity contribution is -0.763. The Hall–Kier alpha value is -7.51. The summed E-state index contributed by atoms with van der Waals surface area (Å²) in [4.78, 5) is 72.7. The lowest BCUT2D eigenvalue weighted by atomic mass is 9.59. The monoisotopic (exact) mass is 1120 g/mol. The Labute approximate surface area is 463 Å². The van der Waals surface area contributed by atoms with Crippen molar-refractivity contribution in [2.24, 2.45) is 17.1 Å². The molecule has 2 saturated carbocycles. The number of hydrogen-bond donors (Lipinski definition) is 1. The van der Waals surface area contributed by atoms with Gasteiger partial charge in [0.2, 0.25) is 5.91 Å². The number of likely N-dealkylation sites (tertiary alicyclic amines) is 1. The number of ether oxygens (including phenoxy) is 5. The minimum Gasteiger partial charge on any atom is -0.496 e. The zero-order valence-corrected chi connectivity index (χ0v) is 46.2. The number of nitrogens with two attached hydrogens (primary N) is 1. The second kappa shape index (κ2) is 28.2. The highest BCUT2D eigenvalue weighted by Gasteiger charge is 2.67. The largest absolute Gasteiger partial charge is 0.496 e. The highest BCUT2D eigenvalue weighted by atomic mass is 35.5. The molecule has 3 amide bonds. The van der Waals surface area contributed by atoms with Gasteiger partial charge >= 0.3 is 12.2 Å². The number of unbranched alkanes of at least 4 members (excludes halogenated alkanes) is 1. The van der Waals surface area contributed by atoms with Crippen LogP contribution in [0.2, 0.25) is 10.0 Å². The van der Waals surface area contributed by atoms with Crippen LogP contribution in [0.25, 0.3) is 0 Å². The average molecular weight is 1120 g/mol. The van der Waals surface area contributed by atoms with Crippen LogP contribution in [0.15, 0.2) is 103 Å². The minimum absolute atomic E-state index is 0.0154. The molecule has 5 aromatic rings. The number of fused-ring (bicyclic) bond motifs is 1. The van der Waals surface area contributed by atoms with Gasteiger partial charge in [0, 0.05) is 24.0 Å². The summed E-state index contributed by atoms with van der Waals surface area (Å²) in [6.45, 7) is 10.9. The number of carbonyl (C=O) groups is 3. The topological polar surface area (TPSA) is 235 Å². The molecule has 418 valence electrons. The number of carbonyl (C=O) groups excluding carboxylic acids is 3. The molecule has 2 aliphatic carbocycles. The predicted octanol–water partition coefficient (Wildman–Crippen LogP) is 12.2. The molecule has 3 fully saturated rings. The summed E-state index contributed by atoms with van der Waals surface area (Å²) in [5.74, 6) is 2.01. The van der Waals surface area contributed by atoms with Crippen molar-refractivity contribution in [3.05, 3.63) is 167 Å². The van der Waals surface area contributed by atoms with Crippen LogP contribution >= 0.6 is 23.2 Å². The van der Waals surface area contributed by atoms with Crippen molar-refractivity contribution in [3.8, 4) is 28.7 Å². The summed E-state index contributed by atoms with van der Waals surface area (Å²) in [5, 5.41) is 20.0. The lowest BCUT2D eigenvalue weighted by Gasteiger charge is -2.62. The molecule has 5 aromatic carbocycles. The molecule has 19 nitrogen and oxygen atoms in total. The van der Waals surface area contributed by atoms with Gasteiger partial charge in [-0.2, -0.15) is 0 Å². The maximum atomic E-state index is 14.8. The van der Waals surface area contributed by atoms with Gasteiger partial charge in [-0.25, -0.2) is 9.59 Å². The number of halogens is 2. The number of methoxy groups -OCH3 is 1. The number of primary amides is 1. The van der Waals surface area contributed by atoms with E-state index in [-0.39, 0.29) is 48.1 Å². The van der Waals surface area contributed by atoms with E-state index in [0.717, 1.165) is 78.7 Å². The van der Waals surface area contributed by atoms with Crippen LogP contribution in [0.5, 0.6) is 28.7 Å². The predicted molar refractivity (Wildman–Crippen MR) is 292 cm³/mol. The molecule has 1 saturated heterocycles. The Kier molecular flexibility index (Phi) is 21.6. The van der Waals surface area contributed by atoms with Crippen molar-refractivity contribution in [2.45, 2.75) is 124 Å². The van der Waals surface area contributed by atoms with E-state index in [0.29, 0.717) is 53.1 Å². The highest BCUT2D eigenvalue weighted by molar-refractivity contribution is 6.37. The zero-order valence-electron chi connectivity index (χ0n) is 44.7. The molecular weight excluding hydrogens is 1050 g/mol. The molecule has 0 radical (unpaired) electrons. The molecular formula is C57H67Cl2N5O14. The molecule has 0 bridgehead atoms. The molecule has 2 N–H and O–H groups in total. The first kappa shape index (κ1) is 59.7. The highest BCUT2D eigenvalue weighted by Crippen LogP contribution is 2.59. The smallest absolute Gasteiger partial charge is 0.415 e. The number of hydrogen-bond acceptors (Lipinski definition) is 14. The molecule has 3 aliphatic rings. The molecule has 4 unspecified atom stereocenters. The van der Waals surface area contributed by atoms with Crippen molar-refractivity contribution in [1.82, 2.24) is 9.80 Å². The van der Waals surface area contributed by atoms with Crippen molar-refractivity contribution in [3.63, 3.8) is 0 Å². The second-order valence-electron chi connectivity index (χ2n) is 19.1. The molecule has 8 rings (SSSR count). The van der Waals surface area contributed by atoms with E-state index in [2.05, 4.69) is 32.6 Å². The van der Waals surface area contributed by atoms with Gasteiger partial charge in [-0.3, -0.25) is 9.69 Å². The maximum absolute atomic E-state index is 14.8. The van der Waals surface area contributed by atoms with E-state index in [4.69, 9.17) is 47.9 Å². The van der Waals surface area contributed by atoms with Crippen LogP contribution in [0.4, 0.5) is 9.59 Å². The van der Waals surface area contributed by atoms with Gasteiger partial charge < -0.3 is 44.0 Å². The molecule has 21 heteroatoms. The summed E-state index contributed by atoms with van der Waals surface area (Å²) in [5.41, 5.74) is 9.54. The molecule has 4 atom stereocenters. The van der Waals surface area contributed by atoms with E-state index < -0.39 is 34.3 Å². The Bertz CT molecular complexity index is 2850. The van der Waals surface area contributed by atoms with Gasteiger partial charge in [0.15, 0.2) is 5.75 Å². The SMILES string of the molecule is CC.COc1ccc(CN(C(=O)C(C)C2N(C(=O)Oc3cccc(CO[N+](=O)[O-])c3)C3CCCC32Cc2ccc(OCCCCOc3c(Cl)cc(C)cc3Cl)cc2)C2CC2)cc1C.NC(=O)Oc1cccc(CO[N+](=O)[O-])c1. The number of aryl methyl sites for hydroxylation is 2. The summed E-state index contributed by atoms with van der Waals surface area (Å²) >= 11 is 12.6. The summed E-state index contributed by atoms with van der Waals surface area (Å²) in [6, 6.07) is 30.0. The molecule has 78 heavy (non-hydrogen) atoms. The number of amides is 3. The third-order valence-corrected chi connectivity index (χ3v) is 14.3. The zero-order chi connectivity index (χ0) is 56.5. The van der Waals surface area contributed by atoms with Gasteiger partial charge in [-0.1, -0.05) is 98.9 Å². The fraction of sp³-hybridized carbons (Fsp3) is 0.421. The van der Waals surface area contributed by atoms with Crippen molar-refractivity contribution >= 4 is 41.3 Å². The van der Waals surface area contributed by atoms with E-state index in [9.17, 15) is 34.6 Å². The first-order chi connectivity index (χ1) is 37.4. The summed E-state index contributed by atoms with van der Waals surface area (Å²) in [6.07, 6.45) is 5.17. The first-order valence-corrected chi connectivity index (χ1v) is 26.6. The van der Waals surface area contributed by atoms with Crippen LogP contribution in [0.3, 0.4) is 0 Å². The lowest BCUT2D eigenvalue weighted by Crippen LogP contribution is -2.75. The van der Waals surface area contributed by atoms with E-state index >= 15 is 0 Å². The van der Waals surface area contributed by atoms with Gasteiger partial charge in [0.25, 0.3) is 10.2 Å². The third kappa shape index (κ3) is 16.0. The minimum atomic E-state index is -0.942. The van der Waals surface area contributed by atoms with Crippen molar-refractivity contribution in [1.29, 1.82) is 0 Å². The standard InChI is InChI=1S/C47H53Cl2N3O9.C8H8N2O5.C2H6/c1-30-23-39(48)43(40(49)24-30)59-22-6-5-21-58-37-17-12-33(13-18-37)27-47-20-8-11-42(47)51(46(54)61-38-10-7-9-35(26-38)29-60-52(55)56)44(47)32(3)45(53)50(36-15-16-36)28-34-14-19-41(57-4)31(2)25-34;9-8(11)15-7-3-1-2-6(4-7)5-14-10(12)13;1-2/h7,9-10,12-14,17-19,23-26,32,36,42,44H,5-6,8,11,15-16,20-22,27-29H2,1-4H3;1-4H,5H2,(H2,9,11);1-2H3. The van der Waals surface area contributed by atoms with Crippen LogP contribution in [0, 0.1) is 45.4 Å². The molecule has 1 heterocycles. The fourth-order valence-electron chi connectivity index (χ4n) is 10.3. The van der Waals surface area contributed by atoms with Crippen LogP contribution in [-0.2, 0) is 40.6 Å². The Morgan fingerprint density at radius 3 is 1.88 bits per heavy atom. The Morgan fingerprint density at radius 1 is 0.756 bits per heavy atom. The normalized spacial score (nSPS) is 17.2. The second-order valence-corrected chi connectivity index (χ2v) is 20.0. The number of rotatable bonds is 23. The molecule has 1 aliphatic heterocycles. The number of benzene rings is 5. The summed E-state index contributed by atoms with van der Waals surface area (Å²) in [7, 11) is 1.65. The molecule has 0 spiro atoms. The number of nitrogens with zero attached hydrogens (tertiary/aromatic N) is 4. The maximum Gasteiger partial charge on any atom is 0.415 e. The van der Waals surface area contributed by atoms with Crippen LogP contribution in [0.1, 0.15) is 99.1 Å². The summed E-state index contributed by atoms with van der Waals surface area (Å²) < 4.78 is 28.0. The van der Waals surface area contributed by atoms with Gasteiger partial charge in [0.1, 0.15) is 36.2 Å². The van der Waals surface area contributed by atoms with Gasteiger partial charge in [-0.15, -0.1) is 20.2 Å². The van der Waals surface area contributed by atoms with E-state index in [1.807, 2.05) is 75.9 Å². The Balaban J connectivity index is 0.000000497. The quantitative estimate of drug-likeness (QED) is 0.0364. The van der Waals surface area contributed by atoms with Gasteiger partial charge in [0.05, 0.1) is 42.3 Å². The van der Waals surface area contributed by atoms with Crippen molar-refractivity contribution in [2.75, 3.05) is 20.3 Å². The average Bonchev–Trinajstić information content (AvgIpc) is 4.20. The van der Waals surface area contributed by atoms with E-state index in [1.54, 1.807) is 48.4 Å². The van der Waals surface area contributed by atoms with Gasteiger partial charge in [-0.05, 0) is 147 Å². The Morgan fingerprint density at radius 2 is 1.33 bits per heavy atom. The van der Waals surface area contributed by atoms with Crippen LogP contribution in [-0.4, -0.2) is 76.5 Å². The van der Waals surface area contributed by atoms with Crippen molar-refractivity contribution < 1.29 is 57.9 Å². The first-order valence-electron chi connectivity index (χ1n) is 25.9. The van der Waals surface area contributed by atoms with E-state index in [1.165, 1.54) is 12.1 Å². The fourth-order valence-corrected chi connectivity index (χ4v) is 11.0. The van der Waals surface area contributed by atoms with Crippen LogP contribution < -0.4 is 29.4 Å².